The Morgan fingerprint density at radius 3 is 2.92 bits per heavy atom. The van der Waals surface area contributed by atoms with Crippen LogP contribution >= 0.6 is 0 Å². The number of benzene rings is 1. The Kier molecular flexibility index (Phi) is 7.91. The van der Waals surface area contributed by atoms with Crippen LogP contribution in [0.4, 0.5) is 0 Å². The molecule has 0 atom stereocenters. The van der Waals surface area contributed by atoms with Crippen LogP contribution in [0.5, 0.6) is 0 Å². The first-order chi connectivity index (χ1) is 12.3. The fraction of sp³-hybridized carbons (Fsp3) is 0.500. The number of aliphatic imine (C=N–C) groups is 1. The van der Waals surface area contributed by atoms with E-state index in [4.69, 9.17) is 9.26 Å². The van der Waals surface area contributed by atoms with E-state index < -0.39 is 0 Å². The predicted molar refractivity (Wildman–Crippen MR) is 98.4 cm³/mol. The van der Waals surface area contributed by atoms with Gasteiger partial charge in [0.25, 0.3) is 5.89 Å². The standard InChI is InChI=1S/C18H27N5O2/c1-4-7-16-22-17(25-23-16)15-9-6-8-14(12-15)13-21-18(19-5-2)20-10-11-24-3/h6,8-9,12H,4-5,7,10-11,13H2,1-3H3,(H2,19,20,21). The van der Waals surface area contributed by atoms with E-state index >= 15 is 0 Å². The van der Waals surface area contributed by atoms with Crippen LogP contribution in [0.15, 0.2) is 33.8 Å². The van der Waals surface area contributed by atoms with Gasteiger partial charge in [-0.25, -0.2) is 4.99 Å². The van der Waals surface area contributed by atoms with E-state index in [1.807, 2.05) is 31.2 Å². The SMILES string of the molecule is CCCc1noc(-c2cccc(CN=C(NCC)NCCOC)c2)n1. The first-order valence-corrected chi connectivity index (χ1v) is 8.69. The molecule has 2 rings (SSSR count). The molecule has 2 N–H and O–H groups in total. The zero-order valence-electron chi connectivity index (χ0n) is 15.2. The highest BCUT2D eigenvalue weighted by molar-refractivity contribution is 5.79. The van der Waals surface area contributed by atoms with Crippen molar-refractivity contribution in [1.82, 2.24) is 20.8 Å². The normalized spacial score (nSPS) is 11.6. The van der Waals surface area contributed by atoms with Gasteiger partial charge in [0.2, 0.25) is 0 Å². The minimum absolute atomic E-state index is 0.555. The van der Waals surface area contributed by atoms with Crippen LogP contribution in [-0.2, 0) is 17.7 Å². The van der Waals surface area contributed by atoms with Crippen LogP contribution in [-0.4, -0.2) is 42.9 Å². The van der Waals surface area contributed by atoms with E-state index in [1.165, 1.54) is 0 Å². The maximum Gasteiger partial charge on any atom is 0.257 e. The van der Waals surface area contributed by atoms with E-state index in [2.05, 4.69) is 32.7 Å². The van der Waals surface area contributed by atoms with Gasteiger partial charge in [-0.05, 0) is 31.0 Å². The monoisotopic (exact) mass is 345 g/mol. The van der Waals surface area contributed by atoms with Crippen molar-refractivity contribution in [2.24, 2.45) is 4.99 Å². The average molecular weight is 345 g/mol. The van der Waals surface area contributed by atoms with E-state index in [0.29, 0.717) is 25.6 Å². The lowest BCUT2D eigenvalue weighted by molar-refractivity contribution is 0.203. The van der Waals surface area contributed by atoms with Crippen molar-refractivity contribution in [3.63, 3.8) is 0 Å². The minimum Gasteiger partial charge on any atom is -0.383 e. The maximum absolute atomic E-state index is 5.35. The Labute approximate surface area is 148 Å². The molecule has 7 heteroatoms. The Morgan fingerprint density at radius 2 is 2.16 bits per heavy atom. The number of rotatable bonds is 9. The molecule has 0 fully saturated rings. The largest absolute Gasteiger partial charge is 0.383 e. The third-order valence-corrected chi connectivity index (χ3v) is 3.48. The minimum atomic E-state index is 0.555. The molecule has 0 unspecified atom stereocenters. The first kappa shape index (κ1) is 18.9. The predicted octanol–water partition coefficient (Wildman–Crippen LogP) is 2.39. The highest BCUT2D eigenvalue weighted by Crippen LogP contribution is 2.19. The van der Waals surface area contributed by atoms with Gasteiger partial charge in [-0.3, -0.25) is 0 Å². The van der Waals surface area contributed by atoms with Crippen molar-refractivity contribution < 1.29 is 9.26 Å². The summed E-state index contributed by atoms with van der Waals surface area (Å²) in [5.41, 5.74) is 2.00. The lowest BCUT2D eigenvalue weighted by Gasteiger charge is -2.10. The van der Waals surface area contributed by atoms with Crippen LogP contribution in [0, 0.1) is 0 Å². The molecule has 0 amide bonds. The topological polar surface area (TPSA) is 84.6 Å². The second-order valence-electron chi connectivity index (χ2n) is 5.58. The lowest BCUT2D eigenvalue weighted by atomic mass is 10.1. The molecular weight excluding hydrogens is 318 g/mol. The van der Waals surface area contributed by atoms with Gasteiger partial charge in [-0.2, -0.15) is 4.98 Å². The highest BCUT2D eigenvalue weighted by atomic mass is 16.5. The summed E-state index contributed by atoms with van der Waals surface area (Å²) in [4.78, 5) is 9.03. The number of nitrogens with zero attached hydrogens (tertiary/aromatic N) is 3. The molecule has 0 radical (unpaired) electrons. The summed E-state index contributed by atoms with van der Waals surface area (Å²) < 4.78 is 10.4. The van der Waals surface area contributed by atoms with Crippen LogP contribution in [0.25, 0.3) is 11.5 Å². The van der Waals surface area contributed by atoms with E-state index in [0.717, 1.165) is 42.3 Å². The molecule has 0 saturated carbocycles. The number of aryl methyl sites for hydroxylation is 1. The van der Waals surface area contributed by atoms with Gasteiger partial charge in [0.05, 0.1) is 13.2 Å². The molecule has 1 aromatic carbocycles. The Balaban J connectivity index is 2.04. The summed E-state index contributed by atoms with van der Waals surface area (Å²) in [5.74, 6) is 2.07. The number of ether oxygens (including phenoxy) is 1. The van der Waals surface area contributed by atoms with E-state index in [-0.39, 0.29) is 0 Å². The fourth-order valence-corrected chi connectivity index (χ4v) is 2.28. The number of nitrogens with one attached hydrogen (secondary N) is 2. The van der Waals surface area contributed by atoms with Crippen molar-refractivity contribution in [3.05, 3.63) is 35.7 Å². The molecular formula is C18H27N5O2. The van der Waals surface area contributed by atoms with E-state index in [1.54, 1.807) is 7.11 Å². The Hall–Kier alpha value is -2.41. The molecule has 7 nitrogen and oxygen atoms in total. The van der Waals surface area contributed by atoms with Gasteiger partial charge >= 0.3 is 0 Å². The Bertz CT molecular complexity index is 669. The molecule has 25 heavy (non-hydrogen) atoms. The molecule has 0 aliphatic heterocycles. The summed E-state index contributed by atoms with van der Waals surface area (Å²) in [5, 5.41) is 10.5. The number of aromatic nitrogens is 2. The number of guanidine groups is 1. The van der Waals surface area contributed by atoms with Gasteiger partial charge in [-0.1, -0.05) is 24.2 Å². The van der Waals surface area contributed by atoms with Crippen LogP contribution < -0.4 is 10.6 Å². The summed E-state index contributed by atoms with van der Waals surface area (Å²) in [6.45, 7) is 6.85. The third-order valence-electron chi connectivity index (χ3n) is 3.48. The number of methoxy groups -OCH3 is 1. The molecule has 0 spiro atoms. The lowest BCUT2D eigenvalue weighted by Crippen LogP contribution is -2.38. The third kappa shape index (κ3) is 6.19. The van der Waals surface area contributed by atoms with E-state index in [9.17, 15) is 0 Å². The van der Waals surface area contributed by atoms with Crippen molar-refractivity contribution in [3.8, 4) is 11.5 Å². The van der Waals surface area contributed by atoms with Crippen molar-refractivity contribution >= 4 is 5.96 Å². The van der Waals surface area contributed by atoms with Gasteiger partial charge < -0.3 is 19.9 Å². The molecule has 136 valence electrons. The first-order valence-electron chi connectivity index (χ1n) is 8.69. The molecule has 0 bridgehead atoms. The molecule has 0 saturated heterocycles. The average Bonchev–Trinajstić information content (AvgIpc) is 3.09. The molecule has 0 aliphatic rings. The van der Waals surface area contributed by atoms with Gasteiger partial charge in [0, 0.05) is 32.2 Å². The van der Waals surface area contributed by atoms with Crippen molar-refractivity contribution in [1.29, 1.82) is 0 Å². The zero-order valence-corrected chi connectivity index (χ0v) is 15.2. The van der Waals surface area contributed by atoms with Gasteiger partial charge in [0.1, 0.15) is 0 Å². The van der Waals surface area contributed by atoms with Crippen molar-refractivity contribution in [2.45, 2.75) is 33.2 Å². The quantitative estimate of drug-likeness (QED) is 0.412. The highest BCUT2D eigenvalue weighted by Gasteiger charge is 2.08. The Morgan fingerprint density at radius 1 is 1.28 bits per heavy atom. The number of hydrogen-bond acceptors (Lipinski definition) is 5. The second-order valence-corrected chi connectivity index (χ2v) is 5.58. The molecule has 2 aromatic rings. The maximum atomic E-state index is 5.35. The van der Waals surface area contributed by atoms with Crippen LogP contribution in [0.1, 0.15) is 31.7 Å². The fourth-order valence-electron chi connectivity index (χ4n) is 2.28. The van der Waals surface area contributed by atoms with Crippen LogP contribution in [0.3, 0.4) is 0 Å². The van der Waals surface area contributed by atoms with Crippen molar-refractivity contribution in [2.75, 3.05) is 26.8 Å². The van der Waals surface area contributed by atoms with Gasteiger partial charge in [-0.15, -0.1) is 0 Å². The zero-order chi connectivity index (χ0) is 17.9. The molecule has 1 heterocycles. The summed E-state index contributed by atoms with van der Waals surface area (Å²) in [7, 11) is 1.68. The number of hydrogen-bond donors (Lipinski definition) is 2. The van der Waals surface area contributed by atoms with Gasteiger partial charge in [0.15, 0.2) is 11.8 Å². The summed E-state index contributed by atoms with van der Waals surface area (Å²) in [6, 6.07) is 8.02. The summed E-state index contributed by atoms with van der Waals surface area (Å²) in [6.07, 6.45) is 1.82. The van der Waals surface area contributed by atoms with Crippen LogP contribution in [0.2, 0.25) is 0 Å². The summed E-state index contributed by atoms with van der Waals surface area (Å²) >= 11 is 0. The second kappa shape index (κ2) is 10.5. The molecule has 1 aromatic heterocycles. The molecule has 0 aliphatic carbocycles. The smallest absolute Gasteiger partial charge is 0.257 e.